The topological polar surface area (TPSA) is 48.9 Å². The van der Waals surface area contributed by atoms with Crippen molar-refractivity contribution in [3.05, 3.63) is 0 Å². The van der Waals surface area contributed by atoms with Crippen molar-refractivity contribution in [2.45, 2.75) is 58.0 Å². The second-order valence-corrected chi connectivity index (χ2v) is 7.01. The molecule has 5 nitrogen and oxygen atoms in total. The number of morpholine rings is 1. The molecule has 1 unspecified atom stereocenters. The standard InChI is InChI=1S/C17H34N4O/c1-14(2)12-16(21-8-10-22-11-9-21)13-19-17(18-3)20-15-6-4-5-7-15/h14-16H,4-13H2,1-3H3,(H2,18,19,20). The number of hydrogen-bond donors (Lipinski definition) is 2. The molecule has 2 N–H and O–H groups in total. The Kier molecular flexibility index (Phi) is 7.46. The molecule has 5 heteroatoms. The van der Waals surface area contributed by atoms with Gasteiger partial charge in [0.2, 0.25) is 0 Å². The fraction of sp³-hybridized carbons (Fsp3) is 0.941. The van der Waals surface area contributed by atoms with Gasteiger partial charge in [0.15, 0.2) is 5.96 Å². The van der Waals surface area contributed by atoms with Gasteiger partial charge < -0.3 is 15.4 Å². The van der Waals surface area contributed by atoms with Crippen LogP contribution in [-0.4, -0.2) is 62.8 Å². The zero-order chi connectivity index (χ0) is 15.8. The number of guanidine groups is 1. The lowest BCUT2D eigenvalue weighted by Gasteiger charge is -2.36. The van der Waals surface area contributed by atoms with E-state index in [2.05, 4.69) is 34.4 Å². The van der Waals surface area contributed by atoms with Crippen LogP contribution in [0.2, 0.25) is 0 Å². The quantitative estimate of drug-likeness (QED) is 0.580. The Morgan fingerprint density at radius 3 is 2.50 bits per heavy atom. The molecule has 0 aromatic carbocycles. The fourth-order valence-corrected chi connectivity index (χ4v) is 3.52. The van der Waals surface area contributed by atoms with Crippen LogP contribution in [0.5, 0.6) is 0 Å². The number of nitrogens with one attached hydrogen (secondary N) is 2. The molecular weight excluding hydrogens is 276 g/mol. The molecule has 22 heavy (non-hydrogen) atoms. The van der Waals surface area contributed by atoms with E-state index in [0.29, 0.717) is 18.0 Å². The van der Waals surface area contributed by atoms with E-state index in [1.165, 1.54) is 32.1 Å². The molecule has 1 aliphatic carbocycles. The van der Waals surface area contributed by atoms with Crippen LogP contribution in [0.1, 0.15) is 46.0 Å². The summed E-state index contributed by atoms with van der Waals surface area (Å²) in [6, 6.07) is 1.17. The maximum Gasteiger partial charge on any atom is 0.191 e. The van der Waals surface area contributed by atoms with Gasteiger partial charge >= 0.3 is 0 Å². The van der Waals surface area contributed by atoms with Gasteiger partial charge in [-0.15, -0.1) is 0 Å². The molecule has 0 bridgehead atoms. The Hall–Kier alpha value is -0.810. The summed E-state index contributed by atoms with van der Waals surface area (Å²) in [6.45, 7) is 9.40. The number of ether oxygens (including phenoxy) is 1. The highest BCUT2D eigenvalue weighted by Crippen LogP contribution is 2.17. The first-order valence-electron chi connectivity index (χ1n) is 8.98. The summed E-state index contributed by atoms with van der Waals surface area (Å²) in [5.41, 5.74) is 0. The van der Waals surface area contributed by atoms with E-state index in [1.54, 1.807) is 0 Å². The highest BCUT2D eigenvalue weighted by atomic mass is 16.5. The van der Waals surface area contributed by atoms with E-state index in [9.17, 15) is 0 Å². The van der Waals surface area contributed by atoms with Crippen molar-refractivity contribution >= 4 is 5.96 Å². The first-order valence-corrected chi connectivity index (χ1v) is 8.98. The lowest BCUT2D eigenvalue weighted by atomic mass is 10.0. The van der Waals surface area contributed by atoms with E-state index in [1.807, 2.05) is 7.05 Å². The van der Waals surface area contributed by atoms with Gasteiger partial charge in [0, 0.05) is 38.8 Å². The van der Waals surface area contributed by atoms with Gasteiger partial charge in [-0.05, 0) is 25.2 Å². The zero-order valence-electron chi connectivity index (χ0n) is 14.6. The maximum absolute atomic E-state index is 5.49. The zero-order valence-corrected chi connectivity index (χ0v) is 14.6. The van der Waals surface area contributed by atoms with Crippen molar-refractivity contribution in [1.82, 2.24) is 15.5 Å². The smallest absolute Gasteiger partial charge is 0.191 e. The van der Waals surface area contributed by atoms with Crippen LogP contribution in [-0.2, 0) is 4.74 Å². The summed E-state index contributed by atoms with van der Waals surface area (Å²) in [7, 11) is 1.87. The van der Waals surface area contributed by atoms with Crippen molar-refractivity contribution in [2.24, 2.45) is 10.9 Å². The Balaban J connectivity index is 1.82. The summed E-state index contributed by atoms with van der Waals surface area (Å²) in [5.74, 6) is 1.67. The van der Waals surface area contributed by atoms with E-state index in [-0.39, 0.29) is 0 Å². The molecule has 0 spiro atoms. The van der Waals surface area contributed by atoms with Gasteiger partial charge in [0.05, 0.1) is 13.2 Å². The molecule has 1 heterocycles. The number of hydrogen-bond acceptors (Lipinski definition) is 3. The summed E-state index contributed by atoms with van der Waals surface area (Å²) in [6.07, 6.45) is 6.46. The molecule has 0 aromatic rings. The van der Waals surface area contributed by atoms with Gasteiger partial charge in [-0.2, -0.15) is 0 Å². The molecule has 2 fully saturated rings. The molecule has 1 saturated heterocycles. The molecule has 0 aromatic heterocycles. The van der Waals surface area contributed by atoms with Crippen molar-refractivity contribution in [2.75, 3.05) is 39.9 Å². The molecule has 2 aliphatic rings. The van der Waals surface area contributed by atoms with E-state index < -0.39 is 0 Å². The number of nitrogens with zero attached hydrogens (tertiary/aromatic N) is 2. The van der Waals surface area contributed by atoms with E-state index in [0.717, 1.165) is 38.8 Å². The Morgan fingerprint density at radius 1 is 1.23 bits per heavy atom. The summed E-state index contributed by atoms with van der Waals surface area (Å²) in [4.78, 5) is 6.97. The van der Waals surface area contributed by atoms with E-state index in [4.69, 9.17) is 4.74 Å². The molecule has 0 radical (unpaired) electrons. The van der Waals surface area contributed by atoms with Crippen molar-refractivity contribution in [3.63, 3.8) is 0 Å². The summed E-state index contributed by atoms with van der Waals surface area (Å²) in [5, 5.41) is 7.13. The Bertz CT molecular complexity index is 334. The normalized spacial score (nSPS) is 23.0. The summed E-state index contributed by atoms with van der Waals surface area (Å²) >= 11 is 0. The van der Waals surface area contributed by atoms with Crippen molar-refractivity contribution in [3.8, 4) is 0 Å². The lowest BCUT2D eigenvalue weighted by Crippen LogP contribution is -2.51. The van der Waals surface area contributed by atoms with Gasteiger partial charge in [-0.1, -0.05) is 26.7 Å². The molecule has 128 valence electrons. The molecule has 1 aliphatic heterocycles. The predicted molar refractivity (Wildman–Crippen MR) is 92.4 cm³/mol. The fourth-order valence-electron chi connectivity index (χ4n) is 3.52. The van der Waals surface area contributed by atoms with Gasteiger partial charge in [0.25, 0.3) is 0 Å². The predicted octanol–water partition coefficient (Wildman–Crippen LogP) is 1.84. The van der Waals surface area contributed by atoms with Crippen LogP contribution in [0.4, 0.5) is 0 Å². The Labute approximate surface area is 135 Å². The lowest BCUT2D eigenvalue weighted by molar-refractivity contribution is 0.0132. The van der Waals surface area contributed by atoms with Gasteiger partial charge in [-0.3, -0.25) is 9.89 Å². The average Bonchev–Trinajstić information content (AvgIpc) is 3.03. The van der Waals surface area contributed by atoms with Gasteiger partial charge in [-0.25, -0.2) is 0 Å². The van der Waals surface area contributed by atoms with Crippen LogP contribution in [0.15, 0.2) is 4.99 Å². The third-order valence-corrected chi connectivity index (χ3v) is 4.73. The van der Waals surface area contributed by atoms with E-state index >= 15 is 0 Å². The Morgan fingerprint density at radius 2 is 1.91 bits per heavy atom. The monoisotopic (exact) mass is 310 g/mol. The molecule has 0 amide bonds. The third kappa shape index (κ3) is 5.76. The molecular formula is C17H34N4O. The van der Waals surface area contributed by atoms with Crippen LogP contribution < -0.4 is 10.6 Å². The number of aliphatic imine (C=N–C) groups is 1. The maximum atomic E-state index is 5.49. The highest BCUT2D eigenvalue weighted by molar-refractivity contribution is 5.80. The first kappa shape index (κ1) is 17.5. The highest BCUT2D eigenvalue weighted by Gasteiger charge is 2.22. The third-order valence-electron chi connectivity index (χ3n) is 4.73. The summed E-state index contributed by atoms with van der Waals surface area (Å²) < 4.78 is 5.49. The van der Waals surface area contributed by atoms with Crippen LogP contribution in [0.3, 0.4) is 0 Å². The molecule has 2 rings (SSSR count). The minimum Gasteiger partial charge on any atom is -0.379 e. The molecule has 1 saturated carbocycles. The van der Waals surface area contributed by atoms with Crippen LogP contribution in [0.25, 0.3) is 0 Å². The first-order chi connectivity index (χ1) is 10.7. The SMILES string of the molecule is CN=C(NCC(CC(C)C)N1CCOCC1)NC1CCCC1. The minimum atomic E-state index is 0.561. The second-order valence-electron chi connectivity index (χ2n) is 7.01. The van der Waals surface area contributed by atoms with Crippen LogP contribution in [0, 0.1) is 5.92 Å². The second kappa shape index (κ2) is 9.36. The molecule has 1 atom stereocenters. The van der Waals surface area contributed by atoms with Crippen LogP contribution >= 0.6 is 0 Å². The minimum absolute atomic E-state index is 0.561. The van der Waals surface area contributed by atoms with Crippen molar-refractivity contribution in [1.29, 1.82) is 0 Å². The number of rotatable bonds is 6. The average molecular weight is 310 g/mol. The van der Waals surface area contributed by atoms with Gasteiger partial charge in [0.1, 0.15) is 0 Å². The largest absolute Gasteiger partial charge is 0.379 e. The van der Waals surface area contributed by atoms with Crippen molar-refractivity contribution < 1.29 is 4.74 Å².